The summed E-state index contributed by atoms with van der Waals surface area (Å²) in [6.45, 7) is 0. The van der Waals surface area contributed by atoms with Gasteiger partial charge >= 0.3 is 6.18 Å². The second kappa shape index (κ2) is 7.01. The Morgan fingerprint density at radius 3 is 2.64 bits per heavy atom. The van der Waals surface area contributed by atoms with Crippen molar-refractivity contribution in [2.45, 2.75) is 6.18 Å². The van der Waals surface area contributed by atoms with E-state index < -0.39 is 17.6 Å². The lowest BCUT2D eigenvalue weighted by atomic mass is 10.1. The number of nitrogens with zero attached hydrogens (tertiary/aromatic N) is 3. The molecule has 0 atom stereocenters. The molecule has 0 aliphatic rings. The van der Waals surface area contributed by atoms with Crippen molar-refractivity contribution < 1.29 is 18.0 Å². The molecule has 0 aliphatic carbocycles. The van der Waals surface area contributed by atoms with Gasteiger partial charge in [-0.3, -0.25) is 15.1 Å². The van der Waals surface area contributed by atoms with Crippen LogP contribution in [0.2, 0.25) is 0 Å². The fourth-order valence-electron chi connectivity index (χ4n) is 2.66. The Morgan fingerprint density at radius 1 is 1.07 bits per heavy atom. The van der Waals surface area contributed by atoms with Gasteiger partial charge < -0.3 is 0 Å². The molecule has 9 heteroatoms. The average Bonchev–Trinajstić information content (AvgIpc) is 3.19. The lowest BCUT2D eigenvalue weighted by Crippen LogP contribution is -2.13. The molecule has 4 rings (SSSR count). The van der Waals surface area contributed by atoms with Crippen LogP contribution in [-0.2, 0) is 6.18 Å². The molecule has 5 nitrogen and oxygen atoms in total. The summed E-state index contributed by atoms with van der Waals surface area (Å²) in [6.07, 6.45) is -1.51. The summed E-state index contributed by atoms with van der Waals surface area (Å²) in [5, 5.41) is 4.83. The molecule has 0 bridgehead atoms. The van der Waals surface area contributed by atoms with Crippen LogP contribution in [0, 0.1) is 0 Å². The molecule has 4 aromatic rings. The smallest absolute Gasteiger partial charge is 0.298 e. The van der Waals surface area contributed by atoms with Crippen LogP contribution in [0.5, 0.6) is 0 Å². The Hall–Kier alpha value is -3.33. The first-order valence-corrected chi connectivity index (χ1v) is 8.94. The zero-order chi connectivity index (χ0) is 19.7. The van der Waals surface area contributed by atoms with Gasteiger partial charge in [-0.2, -0.15) is 13.2 Å². The van der Waals surface area contributed by atoms with Gasteiger partial charge in [0, 0.05) is 17.1 Å². The number of hydrogen-bond donors (Lipinski definition) is 1. The average molecular weight is 400 g/mol. The Bertz CT molecular complexity index is 1160. The fourth-order valence-corrected chi connectivity index (χ4v) is 3.18. The number of thiazole rings is 1. The maximum absolute atomic E-state index is 13.0. The Balaban J connectivity index is 1.77. The van der Waals surface area contributed by atoms with Crippen LogP contribution in [-0.4, -0.2) is 20.9 Å². The van der Waals surface area contributed by atoms with Crippen molar-refractivity contribution in [1.29, 1.82) is 0 Å². The molecule has 2 heterocycles. The van der Waals surface area contributed by atoms with Crippen molar-refractivity contribution >= 4 is 33.4 Å². The van der Waals surface area contributed by atoms with Gasteiger partial charge in [-0.1, -0.05) is 18.2 Å². The van der Waals surface area contributed by atoms with Gasteiger partial charge in [0.25, 0.3) is 5.91 Å². The topological polar surface area (TPSA) is 67.8 Å². The Morgan fingerprint density at radius 2 is 1.89 bits per heavy atom. The molecule has 0 fully saturated rings. The minimum atomic E-state index is -4.46. The van der Waals surface area contributed by atoms with Gasteiger partial charge in [-0.05, 0) is 24.3 Å². The van der Waals surface area contributed by atoms with E-state index in [0.717, 1.165) is 12.1 Å². The number of hydrogen-bond acceptors (Lipinski definition) is 5. The number of carbonyl (C=O) groups is 1. The maximum atomic E-state index is 13.0. The van der Waals surface area contributed by atoms with E-state index in [4.69, 9.17) is 0 Å². The summed E-state index contributed by atoms with van der Waals surface area (Å²) in [6, 6.07) is 9.75. The van der Waals surface area contributed by atoms with E-state index in [1.807, 2.05) is 0 Å². The normalized spacial score (nSPS) is 11.5. The van der Waals surface area contributed by atoms with Crippen molar-refractivity contribution in [2.24, 2.45) is 0 Å². The third kappa shape index (κ3) is 3.56. The zero-order valence-electron chi connectivity index (χ0n) is 14.1. The van der Waals surface area contributed by atoms with Crippen molar-refractivity contribution in [1.82, 2.24) is 15.0 Å². The van der Waals surface area contributed by atoms with Crippen LogP contribution in [0.25, 0.3) is 22.3 Å². The second-order valence-electron chi connectivity index (χ2n) is 5.80. The van der Waals surface area contributed by atoms with Crippen LogP contribution in [0.4, 0.5) is 18.3 Å². The van der Waals surface area contributed by atoms with Gasteiger partial charge in [0.15, 0.2) is 5.13 Å². The number of carbonyl (C=O) groups excluding carboxylic acids is 1. The number of alkyl halides is 3. The van der Waals surface area contributed by atoms with Crippen molar-refractivity contribution in [3.63, 3.8) is 0 Å². The number of halogens is 3. The molecule has 140 valence electrons. The predicted molar refractivity (Wildman–Crippen MR) is 100 cm³/mol. The summed E-state index contributed by atoms with van der Waals surface area (Å²) in [4.78, 5) is 25.3. The number of nitrogens with one attached hydrogen (secondary N) is 1. The maximum Gasteiger partial charge on any atom is 0.416 e. The molecule has 1 N–H and O–H groups in total. The number of anilines is 1. The first-order chi connectivity index (χ1) is 13.4. The molecule has 0 unspecified atom stereocenters. The number of para-hydroxylation sites is 1. The second-order valence-corrected chi connectivity index (χ2v) is 6.69. The van der Waals surface area contributed by atoms with Gasteiger partial charge in [-0.25, -0.2) is 9.97 Å². The van der Waals surface area contributed by atoms with Gasteiger partial charge in [-0.15, -0.1) is 11.3 Å². The van der Waals surface area contributed by atoms with Crippen molar-refractivity contribution in [2.75, 3.05) is 5.32 Å². The molecular weight excluding hydrogens is 389 g/mol. The van der Waals surface area contributed by atoms with Crippen molar-refractivity contribution in [3.05, 3.63) is 71.4 Å². The van der Waals surface area contributed by atoms with E-state index in [9.17, 15) is 18.0 Å². The molecule has 28 heavy (non-hydrogen) atoms. The number of amides is 1. The van der Waals surface area contributed by atoms with Gasteiger partial charge in [0.2, 0.25) is 0 Å². The molecule has 1 amide bonds. The highest BCUT2D eigenvalue weighted by Gasteiger charge is 2.30. The third-order valence-electron chi connectivity index (χ3n) is 3.96. The van der Waals surface area contributed by atoms with E-state index in [-0.39, 0.29) is 16.8 Å². The summed E-state index contributed by atoms with van der Waals surface area (Å²) in [5.41, 5.74) is 0.747. The zero-order valence-corrected chi connectivity index (χ0v) is 14.9. The minimum absolute atomic E-state index is 0.244. The standard InChI is InChI=1S/C19H11F3N4OS/c20-19(21,22)12-4-1-3-11(9-12)15-10-24-14-6-2-5-13(16(14)25-15)17(27)26-18-23-7-8-28-18/h1-10H,(H,23,26,27). The van der Waals surface area contributed by atoms with Gasteiger partial charge in [0.1, 0.15) is 5.52 Å². The highest BCUT2D eigenvalue weighted by atomic mass is 32.1. The number of fused-ring (bicyclic) bond motifs is 1. The number of rotatable bonds is 3. The molecule has 2 aromatic heterocycles. The van der Waals surface area contributed by atoms with E-state index in [1.165, 1.54) is 29.7 Å². The highest BCUT2D eigenvalue weighted by Crippen LogP contribution is 2.32. The summed E-state index contributed by atoms with van der Waals surface area (Å²) >= 11 is 1.27. The molecule has 2 aromatic carbocycles. The first kappa shape index (κ1) is 18.1. The number of aromatic nitrogens is 3. The van der Waals surface area contributed by atoms with Gasteiger partial charge in [0.05, 0.1) is 28.5 Å². The molecular formula is C19H11F3N4OS. The Labute approximate surface area is 160 Å². The van der Waals surface area contributed by atoms with Crippen LogP contribution < -0.4 is 5.32 Å². The van der Waals surface area contributed by atoms with Crippen LogP contribution in [0.1, 0.15) is 15.9 Å². The van der Waals surface area contributed by atoms with Crippen LogP contribution >= 0.6 is 11.3 Å². The quantitative estimate of drug-likeness (QED) is 0.524. The summed E-state index contributed by atoms with van der Waals surface area (Å²) in [5.74, 6) is -0.420. The predicted octanol–water partition coefficient (Wildman–Crippen LogP) is 5.02. The van der Waals surface area contributed by atoms with Crippen LogP contribution in [0.15, 0.2) is 60.2 Å². The fraction of sp³-hybridized carbons (Fsp3) is 0.0526. The number of benzene rings is 2. The molecule has 0 saturated heterocycles. The van der Waals surface area contributed by atoms with E-state index >= 15 is 0 Å². The molecule has 0 saturated carbocycles. The van der Waals surface area contributed by atoms with Crippen molar-refractivity contribution in [3.8, 4) is 11.3 Å². The third-order valence-corrected chi connectivity index (χ3v) is 4.64. The molecule has 0 spiro atoms. The summed E-state index contributed by atoms with van der Waals surface area (Å²) in [7, 11) is 0. The largest absolute Gasteiger partial charge is 0.416 e. The summed E-state index contributed by atoms with van der Waals surface area (Å²) < 4.78 is 39.0. The molecule has 0 radical (unpaired) electrons. The first-order valence-electron chi connectivity index (χ1n) is 8.06. The monoisotopic (exact) mass is 400 g/mol. The Kier molecular flexibility index (Phi) is 4.52. The van der Waals surface area contributed by atoms with E-state index in [1.54, 1.807) is 29.8 Å². The highest BCUT2D eigenvalue weighted by molar-refractivity contribution is 7.13. The SMILES string of the molecule is O=C(Nc1nccs1)c1cccc2ncc(-c3cccc(C(F)(F)F)c3)nc12. The van der Waals surface area contributed by atoms with E-state index in [2.05, 4.69) is 20.3 Å². The molecule has 0 aliphatic heterocycles. The van der Waals surface area contributed by atoms with Crippen LogP contribution in [0.3, 0.4) is 0 Å². The lowest BCUT2D eigenvalue weighted by Gasteiger charge is -2.10. The van der Waals surface area contributed by atoms with E-state index in [0.29, 0.717) is 16.2 Å². The lowest BCUT2D eigenvalue weighted by molar-refractivity contribution is -0.137. The minimum Gasteiger partial charge on any atom is -0.298 e.